The summed E-state index contributed by atoms with van der Waals surface area (Å²) in [7, 11) is 0. The zero-order valence-electron chi connectivity index (χ0n) is 11.8. The first-order chi connectivity index (χ1) is 8.99. The maximum Gasteiger partial charge on any atom is 0.0748 e. The molecule has 1 heterocycles. The molecule has 1 aliphatic heterocycles. The van der Waals surface area contributed by atoms with Crippen molar-refractivity contribution in [2.75, 3.05) is 18.0 Å². The topological polar surface area (TPSA) is 15.3 Å². The molecule has 0 radical (unpaired) electrons. The molecule has 0 aliphatic carbocycles. The van der Waals surface area contributed by atoms with Crippen LogP contribution in [0.2, 0.25) is 10.0 Å². The van der Waals surface area contributed by atoms with Crippen LogP contribution in [0.3, 0.4) is 0 Å². The molecular weight excluding hydrogens is 279 g/mol. The summed E-state index contributed by atoms with van der Waals surface area (Å²) >= 11 is 12.7. The molecule has 1 fully saturated rings. The molecule has 106 valence electrons. The van der Waals surface area contributed by atoms with Gasteiger partial charge < -0.3 is 10.2 Å². The molecule has 19 heavy (non-hydrogen) atoms. The van der Waals surface area contributed by atoms with E-state index >= 15 is 0 Å². The molecule has 2 nitrogen and oxygen atoms in total. The second kappa shape index (κ2) is 6.34. The van der Waals surface area contributed by atoms with E-state index in [1.165, 1.54) is 6.42 Å². The Hall–Kier alpha value is -0.440. The Bertz CT molecular complexity index is 414. The lowest BCUT2D eigenvalue weighted by Crippen LogP contribution is -2.56. The lowest BCUT2D eigenvalue weighted by Gasteiger charge is -2.41. The first-order valence-corrected chi connectivity index (χ1v) is 7.68. The van der Waals surface area contributed by atoms with Crippen molar-refractivity contribution < 1.29 is 0 Å². The Morgan fingerprint density at radius 3 is 2.53 bits per heavy atom. The van der Waals surface area contributed by atoms with E-state index in [0.29, 0.717) is 18.0 Å². The highest BCUT2D eigenvalue weighted by atomic mass is 35.5. The fraction of sp³-hybridized carbons (Fsp3) is 0.600. The van der Waals surface area contributed by atoms with Crippen LogP contribution in [0.5, 0.6) is 0 Å². The molecule has 0 saturated carbocycles. The van der Waals surface area contributed by atoms with Gasteiger partial charge in [-0.1, -0.05) is 43.1 Å². The van der Waals surface area contributed by atoms with Crippen molar-refractivity contribution in [1.29, 1.82) is 0 Å². The predicted octanol–water partition coefficient (Wildman–Crippen LogP) is 4.21. The number of benzene rings is 1. The van der Waals surface area contributed by atoms with E-state index in [1.54, 1.807) is 0 Å². The van der Waals surface area contributed by atoms with E-state index in [-0.39, 0.29) is 0 Å². The summed E-state index contributed by atoms with van der Waals surface area (Å²) in [6.07, 6.45) is 1.17. The van der Waals surface area contributed by atoms with Crippen molar-refractivity contribution >= 4 is 28.9 Å². The molecule has 2 unspecified atom stereocenters. The van der Waals surface area contributed by atoms with Gasteiger partial charge >= 0.3 is 0 Å². The normalized spacial score (nSPS) is 24.0. The van der Waals surface area contributed by atoms with Gasteiger partial charge in [0.25, 0.3) is 0 Å². The molecule has 1 aromatic carbocycles. The van der Waals surface area contributed by atoms with Gasteiger partial charge in [0.2, 0.25) is 0 Å². The molecule has 0 bridgehead atoms. The number of rotatable bonds is 3. The van der Waals surface area contributed by atoms with Gasteiger partial charge in [-0.25, -0.2) is 0 Å². The Kier molecular flexibility index (Phi) is 4.99. The summed E-state index contributed by atoms with van der Waals surface area (Å²) in [4.78, 5) is 2.34. The molecule has 1 aliphatic rings. The zero-order valence-corrected chi connectivity index (χ0v) is 13.3. The van der Waals surface area contributed by atoms with Gasteiger partial charge in [-0.05, 0) is 31.4 Å². The highest BCUT2D eigenvalue weighted by Gasteiger charge is 2.28. The first kappa shape index (κ1) is 15.0. The van der Waals surface area contributed by atoms with E-state index in [9.17, 15) is 0 Å². The predicted molar refractivity (Wildman–Crippen MR) is 84.5 cm³/mol. The Morgan fingerprint density at radius 2 is 1.95 bits per heavy atom. The van der Waals surface area contributed by atoms with Crippen molar-refractivity contribution in [3.05, 3.63) is 28.2 Å². The number of nitrogens with zero attached hydrogens (tertiary/aromatic N) is 1. The zero-order chi connectivity index (χ0) is 14.0. The smallest absolute Gasteiger partial charge is 0.0748 e. The second-order valence-electron chi connectivity index (χ2n) is 5.81. The summed E-state index contributed by atoms with van der Waals surface area (Å²) in [6, 6.07) is 6.63. The molecule has 4 heteroatoms. The van der Waals surface area contributed by atoms with Gasteiger partial charge in [-0.3, -0.25) is 0 Å². The van der Waals surface area contributed by atoms with Crippen molar-refractivity contribution in [2.24, 2.45) is 5.92 Å². The monoisotopic (exact) mass is 300 g/mol. The minimum atomic E-state index is 0.404. The van der Waals surface area contributed by atoms with E-state index in [1.807, 2.05) is 18.2 Å². The number of halogens is 2. The van der Waals surface area contributed by atoms with Crippen LogP contribution in [0.15, 0.2) is 18.2 Å². The maximum atomic E-state index is 6.34. The Morgan fingerprint density at radius 1 is 1.32 bits per heavy atom. The van der Waals surface area contributed by atoms with E-state index in [2.05, 4.69) is 31.0 Å². The number of hydrogen-bond acceptors (Lipinski definition) is 2. The average molecular weight is 301 g/mol. The summed E-state index contributed by atoms with van der Waals surface area (Å²) in [5.41, 5.74) is 0.980. The highest BCUT2D eigenvalue weighted by molar-refractivity contribution is 6.39. The van der Waals surface area contributed by atoms with Crippen LogP contribution in [0, 0.1) is 5.92 Å². The molecule has 0 amide bonds. The third-order valence-corrected chi connectivity index (χ3v) is 4.24. The molecule has 1 saturated heterocycles. The van der Waals surface area contributed by atoms with Gasteiger partial charge in [0, 0.05) is 25.2 Å². The van der Waals surface area contributed by atoms with Crippen LogP contribution in [0.4, 0.5) is 5.69 Å². The molecule has 1 aromatic rings. The van der Waals surface area contributed by atoms with Crippen LogP contribution < -0.4 is 10.2 Å². The van der Waals surface area contributed by atoms with Gasteiger partial charge in [-0.15, -0.1) is 0 Å². The summed E-state index contributed by atoms with van der Waals surface area (Å²) in [5.74, 6) is 0.689. The average Bonchev–Trinajstić information content (AvgIpc) is 2.32. The van der Waals surface area contributed by atoms with Crippen molar-refractivity contribution in [2.45, 2.75) is 39.3 Å². The van der Waals surface area contributed by atoms with Gasteiger partial charge in [-0.2, -0.15) is 0 Å². The van der Waals surface area contributed by atoms with Gasteiger partial charge in [0.1, 0.15) is 0 Å². The van der Waals surface area contributed by atoms with E-state index in [0.717, 1.165) is 28.8 Å². The highest BCUT2D eigenvalue weighted by Crippen LogP contribution is 2.35. The minimum Gasteiger partial charge on any atom is -0.364 e. The largest absolute Gasteiger partial charge is 0.364 e. The maximum absolute atomic E-state index is 6.34. The standard InChI is InChI=1S/C15H22Cl2N2/c1-10(2)7-12-9-19(11(3)8-18-12)15-13(16)5-4-6-14(15)17/h4-6,10-12,18H,7-9H2,1-3H3. The second-order valence-corrected chi connectivity index (χ2v) is 6.62. The van der Waals surface area contributed by atoms with Crippen molar-refractivity contribution in [3.8, 4) is 0 Å². The quantitative estimate of drug-likeness (QED) is 0.900. The van der Waals surface area contributed by atoms with Crippen LogP contribution >= 0.6 is 23.2 Å². The Balaban J connectivity index is 2.21. The van der Waals surface area contributed by atoms with Crippen LogP contribution in [0.1, 0.15) is 27.2 Å². The van der Waals surface area contributed by atoms with Crippen LogP contribution in [0.25, 0.3) is 0 Å². The molecule has 0 aromatic heterocycles. The summed E-state index contributed by atoms with van der Waals surface area (Å²) < 4.78 is 0. The van der Waals surface area contributed by atoms with Crippen molar-refractivity contribution in [1.82, 2.24) is 5.32 Å². The first-order valence-electron chi connectivity index (χ1n) is 6.93. The number of anilines is 1. The third kappa shape index (κ3) is 3.56. The van der Waals surface area contributed by atoms with E-state index in [4.69, 9.17) is 23.2 Å². The summed E-state index contributed by atoms with van der Waals surface area (Å²) in [5, 5.41) is 5.09. The van der Waals surface area contributed by atoms with Crippen LogP contribution in [-0.4, -0.2) is 25.2 Å². The van der Waals surface area contributed by atoms with Gasteiger partial charge in [0.15, 0.2) is 0 Å². The molecule has 1 N–H and O–H groups in total. The van der Waals surface area contributed by atoms with Crippen LogP contribution in [-0.2, 0) is 0 Å². The lowest BCUT2D eigenvalue weighted by atomic mass is 9.99. The lowest BCUT2D eigenvalue weighted by molar-refractivity contribution is 0.356. The molecule has 2 rings (SSSR count). The fourth-order valence-corrected chi connectivity index (χ4v) is 3.35. The number of hydrogen-bond donors (Lipinski definition) is 1. The molecule has 2 atom stereocenters. The third-order valence-electron chi connectivity index (χ3n) is 3.63. The Labute approximate surface area is 126 Å². The molecule has 0 spiro atoms. The van der Waals surface area contributed by atoms with Gasteiger partial charge in [0.05, 0.1) is 15.7 Å². The number of nitrogens with one attached hydrogen (secondary N) is 1. The summed E-state index contributed by atoms with van der Waals surface area (Å²) in [6.45, 7) is 8.65. The minimum absolute atomic E-state index is 0.404. The van der Waals surface area contributed by atoms with E-state index < -0.39 is 0 Å². The molecular formula is C15H22Cl2N2. The number of piperazine rings is 1. The fourth-order valence-electron chi connectivity index (χ4n) is 2.73. The number of para-hydroxylation sites is 1. The SMILES string of the molecule is CC(C)CC1CN(c2c(Cl)cccc2Cl)C(C)CN1. The van der Waals surface area contributed by atoms with Crippen molar-refractivity contribution in [3.63, 3.8) is 0 Å².